The fraction of sp³-hybridized carbons (Fsp3) is 0.316. The second-order valence-corrected chi connectivity index (χ2v) is 6.30. The average Bonchev–Trinajstić information content (AvgIpc) is 3.20. The van der Waals surface area contributed by atoms with Crippen LogP contribution < -0.4 is 0 Å². The van der Waals surface area contributed by atoms with E-state index in [4.69, 9.17) is 15.9 Å². The Kier molecular flexibility index (Phi) is 4.60. The zero-order valence-electron chi connectivity index (χ0n) is 13.6. The van der Waals surface area contributed by atoms with Crippen molar-refractivity contribution < 1.29 is 24.2 Å². The monoisotopic (exact) mass is 356 g/mol. The lowest BCUT2D eigenvalue weighted by molar-refractivity contribution is -0.139. The van der Waals surface area contributed by atoms with Gasteiger partial charge in [0.1, 0.15) is 17.9 Å². The van der Waals surface area contributed by atoms with Gasteiger partial charge in [-0.1, -0.05) is 17.6 Å². The molecule has 1 N–H and O–H groups in total. The second kappa shape index (κ2) is 6.69. The molecule has 1 aromatic rings. The largest absolute Gasteiger partial charge is 0.507 e. The molecule has 0 spiro atoms. The van der Waals surface area contributed by atoms with Crippen molar-refractivity contribution in [1.82, 2.24) is 0 Å². The predicted molar refractivity (Wildman–Crippen MR) is 94.2 cm³/mol. The SMILES string of the molecule is C#Cc1c(C)c2c(c(O)c1CC1=CCC(C(=O)OC=S)C1)C(=O)OC2. The number of carbonyl (C=O) groups is 2. The molecule has 0 fully saturated rings. The number of aromatic hydroxyl groups is 1. The minimum Gasteiger partial charge on any atom is -0.507 e. The first-order valence-electron chi connectivity index (χ1n) is 7.81. The molecule has 2 aliphatic rings. The fourth-order valence-corrected chi connectivity index (χ4v) is 3.54. The number of ether oxygens (including phenoxy) is 2. The number of phenolic OH excluding ortho intramolecular Hbond substituents is 1. The minimum atomic E-state index is -0.539. The first-order chi connectivity index (χ1) is 12.0. The number of allylic oxidation sites excluding steroid dienone is 2. The van der Waals surface area contributed by atoms with Gasteiger partial charge in [-0.3, -0.25) is 4.79 Å². The normalized spacial score (nSPS) is 18.2. The van der Waals surface area contributed by atoms with E-state index in [2.05, 4.69) is 18.1 Å². The molecule has 25 heavy (non-hydrogen) atoms. The molecule has 1 atom stereocenters. The maximum atomic E-state index is 11.9. The lowest BCUT2D eigenvalue weighted by Crippen LogP contribution is -2.14. The summed E-state index contributed by atoms with van der Waals surface area (Å²) in [6.07, 6.45) is 9.01. The molecule has 0 amide bonds. The highest BCUT2D eigenvalue weighted by Crippen LogP contribution is 2.40. The van der Waals surface area contributed by atoms with E-state index in [1.54, 1.807) is 0 Å². The number of rotatable bonds is 4. The maximum Gasteiger partial charge on any atom is 0.342 e. The van der Waals surface area contributed by atoms with Crippen molar-refractivity contribution in [2.24, 2.45) is 5.92 Å². The number of benzene rings is 1. The molecule has 128 valence electrons. The summed E-state index contributed by atoms with van der Waals surface area (Å²) >= 11 is 4.54. The molecular weight excluding hydrogens is 340 g/mol. The zero-order chi connectivity index (χ0) is 18.1. The third-order valence-corrected chi connectivity index (χ3v) is 4.85. The molecule has 1 aromatic carbocycles. The van der Waals surface area contributed by atoms with Gasteiger partial charge in [0.05, 0.1) is 5.92 Å². The lowest BCUT2D eigenvalue weighted by atomic mass is 9.89. The highest BCUT2D eigenvalue weighted by Gasteiger charge is 2.32. The molecular formula is C19H16O5S. The molecule has 0 bridgehead atoms. The zero-order valence-corrected chi connectivity index (χ0v) is 14.4. The molecule has 1 unspecified atom stereocenters. The van der Waals surface area contributed by atoms with Gasteiger partial charge in [0.2, 0.25) is 0 Å². The summed E-state index contributed by atoms with van der Waals surface area (Å²) in [6.45, 7) is 1.94. The number of hydrogen-bond donors (Lipinski definition) is 1. The van der Waals surface area contributed by atoms with E-state index in [-0.39, 0.29) is 29.8 Å². The van der Waals surface area contributed by atoms with Gasteiger partial charge < -0.3 is 14.6 Å². The minimum absolute atomic E-state index is 0.122. The fourth-order valence-electron chi connectivity index (χ4n) is 3.44. The Morgan fingerprint density at radius 3 is 3.04 bits per heavy atom. The summed E-state index contributed by atoms with van der Waals surface area (Å²) in [5.74, 6) is 1.30. The van der Waals surface area contributed by atoms with Crippen LogP contribution in [0.1, 0.15) is 45.5 Å². The van der Waals surface area contributed by atoms with Crippen molar-refractivity contribution >= 4 is 29.7 Å². The summed E-state index contributed by atoms with van der Waals surface area (Å²) in [6, 6.07) is 0. The topological polar surface area (TPSA) is 72.8 Å². The first-order valence-corrected chi connectivity index (χ1v) is 8.28. The van der Waals surface area contributed by atoms with Crippen LogP contribution in [0.5, 0.6) is 5.75 Å². The van der Waals surface area contributed by atoms with E-state index in [1.165, 1.54) is 0 Å². The third kappa shape index (κ3) is 2.92. The van der Waals surface area contributed by atoms with E-state index < -0.39 is 5.97 Å². The van der Waals surface area contributed by atoms with Gasteiger partial charge in [-0.05, 0) is 44.0 Å². The van der Waals surface area contributed by atoms with Crippen LogP contribution in [0.15, 0.2) is 11.6 Å². The van der Waals surface area contributed by atoms with Crippen molar-refractivity contribution in [1.29, 1.82) is 0 Å². The second-order valence-electron chi connectivity index (χ2n) is 6.11. The highest BCUT2D eigenvalue weighted by molar-refractivity contribution is 7.78. The number of terminal acetylenes is 1. The summed E-state index contributed by atoms with van der Waals surface area (Å²) in [5, 5.41) is 10.6. The number of esters is 2. The first kappa shape index (κ1) is 17.2. The van der Waals surface area contributed by atoms with Gasteiger partial charge in [0.15, 0.2) is 5.55 Å². The van der Waals surface area contributed by atoms with Crippen molar-refractivity contribution in [2.45, 2.75) is 32.8 Å². The van der Waals surface area contributed by atoms with E-state index in [0.29, 0.717) is 36.0 Å². The van der Waals surface area contributed by atoms with Crippen LogP contribution >= 0.6 is 12.2 Å². The van der Waals surface area contributed by atoms with Crippen molar-refractivity contribution in [3.8, 4) is 18.1 Å². The average molecular weight is 356 g/mol. The van der Waals surface area contributed by atoms with E-state index in [0.717, 1.165) is 16.7 Å². The van der Waals surface area contributed by atoms with E-state index in [9.17, 15) is 14.7 Å². The Morgan fingerprint density at radius 2 is 2.36 bits per heavy atom. The molecule has 0 saturated heterocycles. The van der Waals surface area contributed by atoms with Gasteiger partial charge in [-0.2, -0.15) is 0 Å². The van der Waals surface area contributed by atoms with Crippen LogP contribution in [0.4, 0.5) is 0 Å². The molecule has 6 heteroatoms. The number of cyclic esters (lactones) is 1. The predicted octanol–water partition coefficient (Wildman–Crippen LogP) is 2.73. The smallest absolute Gasteiger partial charge is 0.342 e. The summed E-state index contributed by atoms with van der Waals surface area (Å²) in [5.41, 5.74) is 4.62. The number of phenols is 1. The van der Waals surface area contributed by atoms with Gasteiger partial charge in [0, 0.05) is 16.7 Å². The molecule has 1 heterocycles. The lowest BCUT2D eigenvalue weighted by Gasteiger charge is -2.15. The number of carbonyl (C=O) groups excluding carboxylic acids is 2. The molecule has 5 nitrogen and oxygen atoms in total. The van der Waals surface area contributed by atoms with Crippen LogP contribution in [-0.2, 0) is 27.3 Å². The molecule has 1 aliphatic heterocycles. The van der Waals surface area contributed by atoms with Gasteiger partial charge in [-0.15, -0.1) is 6.42 Å². The van der Waals surface area contributed by atoms with Crippen LogP contribution in [0.2, 0.25) is 0 Å². The summed E-state index contributed by atoms with van der Waals surface area (Å²) in [4.78, 5) is 23.7. The quantitative estimate of drug-likeness (QED) is 0.387. The molecule has 3 rings (SSSR count). The maximum absolute atomic E-state index is 11.9. The van der Waals surface area contributed by atoms with Gasteiger partial charge in [-0.25, -0.2) is 4.79 Å². The summed E-state index contributed by atoms with van der Waals surface area (Å²) in [7, 11) is 0. The van der Waals surface area contributed by atoms with Crippen molar-refractivity contribution in [3.05, 3.63) is 39.5 Å². The van der Waals surface area contributed by atoms with Crippen molar-refractivity contribution in [3.63, 3.8) is 0 Å². The third-order valence-electron chi connectivity index (χ3n) is 4.75. The van der Waals surface area contributed by atoms with Crippen LogP contribution in [-0.4, -0.2) is 22.6 Å². The van der Waals surface area contributed by atoms with E-state index in [1.807, 2.05) is 13.0 Å². The van der Waals surface area contributed by atoms with Crippen LogP contribution in [0.3, 0.4) is 0 Å². The van der Waals surface area contributed by atoms with Gasteiger partial charge in [0.25, 0.3) is 0 Å². The standard InChI is InChI=1S/C19H16O5S/c1-3-13-10(2)15-8-23-19(22)16(15)17(20)14(13)7-11-4-5-12(6-11)18(21)24-9-25/h1,4,9,12,20H,5-8H2,2H3. The van der Waals surface area contributed by atoms with Crippen molar-refractivity contribution in [2.75, 3.05) is 0 Å². The van der Waals surface area contributed by atoms with Crippen LogP contribution in [0.25, 0.3) is 0 Å². The Labute approximate surface area is 150 Å². The Balaban J connectivity index is 1.92. The number of fused-ring (bicyclic) bond motifs is 1. The highest BCUT2D eigenvalue weighted by atomic mass is 32.1. The Bertz CT molecular complexity index is 860. The molecule has 0 saturated carbocycles. The summed E-state index contributed by atoms with van der Waals surface area (Å²) < 4.78 is 9.79. The molecule has 0 aromatic heterocycles. The number of hydrogen-bond acceptors (Lipinski definition) is 6. The molecule has 0 radical (unpaired) electrons. The number of thiocarbonyl (C=S) groups is 1. The van der Waals surface area contributed by atoms with Crippen LogP contribution in [0, 0.1) is 25.2 Å². The van der Waals surface area contributed by atoms with E-state index >= 15 is 0 Å². The molecule has 1 aliphatic carbocycles. The van der Waals surface area contributed by atoms with Gasteiger partial charge >= 0.3 is 11.9 Å². The Morgan fingerprint density at radius 1 is 1.60 bits per heavy atom. The Hall–Kier alpha value is -2.65.